The van der Waals surface area contributed by atoms with E-state index in [1.807, 2.05) is 19.1 Å². The molecule has 2 rings (SSSR count). The van der Waals surface area contributed by atoms with Crippen molar-refractivity contribution >= 4 is 11.7 Å². The smallest absolute Gasteiger partial charge is 0.290 e. The van der Waals surface area contributed by atoms with Gasteiger partial charge in [-0.2, -0.15) is 0 Å². The fourth-order valence-corrected chi connectivity index (χ4v) is 1.78. The molecule has 15 heavy (non-hydrogen) atoms. The van der Waals surface area contributed by atoms with Crippen molar-refractivity contribution in [2.45, 2.75) is 19.4 Å². The molecule has 1 amide bonds. The zero-order valence-corrected chi connectivity index (χ0v) is 8.51. The molecular formula is C11H12N2O2. The van der Waals surface area contributed by atoms with Gasteiger partial charge in [0.15, 0.2) is 0 Å². The van der Waals surface area contributed by atoms with Crippen molar-refractivity contribution in [2.75, 3.05) is 6.54 Å². The average Bonchev–Trinajstić information content (AvgIpc) is 2.60. The molecule has 0 bridgehead atoms. The maximum atomic E-state index is 11.5. The molecule has 1 aliphatic rings. The maximum Gasteiger partial charge on any atom is 0.290 e. The number of aromatic nitrogens is 1. The average molecular weight is 204 g/mol. The highest BCUT2D eigenvalue weighted by atomic mass is 16.2. The van der Waals surface area contributed by atoms with Gasteiger partial charge in [-0.05, 0) is 24.6 Å². The number of carbonyl (C=O) groups is 2. The number of pyridine rings is 1. The number of likely N-dealkylation sites (tertiary alicyclic amines) is 1. The SMILES string of the molecule is CC(c1ccncc1)N1CCC(=O)C1=O. The minimum Gasteiger partial charge on any atom is -0.329 e. The molecule has 4 nitrogen and oxygen atoms in total. The molecule has 0 aliphatic carbocycles. The summed E-state index contributed by atoms with van der Waals surface area (Å²) < 4.78 is 0. The van der Waals surface area contributed by atoms with Crippen LogP contribution in [0.2, 0.25) is 0 Å². The van der Waals surface area contributed by atoms with Gasteiger partial charge in [0.05, 0.1) is 6.04 Å². The molecule has 0 saturated carbocycles. The zero-order chi connectivity index (χ0) is 10.8. The van der Waals surface area contributed by atoms with Gasteiger partial charge in [-0.1, -0.05) is 0 Å². The Balaban J connectivity index is 2.19. The van der Waals surface area contributed by atoms with E-state index >= 15 is 0 Å². The van der Waals surface area contributed by atoms with Gasteiger partial charge < -0.3 is 4.90 Å². The Morgan fingerprint density at radius 3 is 2.53 bits per heavy atom. The number of Topliss-reactive ketones (excluding diaryl/α,β-unsaturated/α-hetero) is 1. The molecule has 0 aromatic carbocycles. The number of hydrogen-bond acceptors (Lipinski definition) is 3. The molecule has 1 unspecified atom stereocenters. The highest BCUT2D eigenvalue weighted by Crippen LogP contribution is 2.23. The first-order valence-electron chi connectivity index (χ1n) is 4.94. The van der Waals surface area contributed by atoms with Gasteiger partial charge in [0.25, 0.3) is 5.91 Å². The Morgan fingerprint density at radius 2 is 2.00 bits per heavy atom. The lowest BCUT2D eigenvalue weighted by molar-refractivity contribution is -0.141. The fourth-order valence-electron chi connectivity index (χ4n) is 1.78. The van der Waals surface area contributed by atoms with Crippen LogP contribution in [-0.4, -0.2) is 28.1 Å². The molecule has 0 spiro atoms. The number of ketones is 1. The van der Waals surface area contributed by atoms with Crippen LogP contribution in [0.4, 0.5) is 0 Å². The summed E-state index contributed by atoms with van der Waals surface area (Å²) >= 11 is 0. The standard InChI is InChI=1S/C11H12N2O2/c1-8(9-2-5-12-6-3-9)13-7-4-10(14)11(13)15/h2-3,5-6,8H,4,7H2,1H3. The lowest BCUT2D eigenvalue weighted by Gasteiger charge is -2.23. The predicted molar refractivity (Wildman–Crippen MR) is 54.0 cm³/mol. The van der Waals surface area contributed by atoms with Crippen molar-refractivity contribution < 1.29 is 9.59 Å². The van der Waals surface area contributed by atoms with E-state index < -0.39 is 0 Å². The van der Waals surface area contributed by atoms with E-state index in [4.69, 9.17) is 0 Å². The van der Waals surface area contributed by atoms with Crippen LogP contribution in [0.3, 0.4) is 0 Å². The summed E-state index contributed by atoms with van der Waals surface area (Å²) in [5, 5.41) is 0. The number of carbonyl (C=O) groups excluding carboxylic acids is 2. The summed E-state index contributed by atoms with van der Waals surface area (Å²) in [4.78, 5) is 28.1. The lowest BCUT2D eigenvalue weighted by atomic mass is 10.1. The van der Waals surface area contributed by atoms with E-state index in [0.717, 1.165) is 5.56 Å². The molecule has 1 aliphatic heterocycles. The van der Waals surface area contributed by atoms with Crippen LogP contribution >= 0.6 is 0 Å². The molecule has 1 saturated heterocycles. The van der Waals surface area contributed by atoms with Crippen LogP contribution in [0.1, 0.15) is 24.9 Å². The first kappa shape index (κ1) is 9.83. The highest BCUT2D eigenvalue weighted by Gasteiger charge is 2.32. The summed E-state index contributed by atoms with van der Waals surface area (Å²) in [6, 6.07) is 3.67. The summed E-state index contributed by atoms with van der Waals surface area (Å²) in [5.41, 5.74) is 1.01. The Morgan fingerprint density at radius 1 is 1.33 bits per heavy atom. The zero-order valence-electron chi connectivity index (χ0n) is 8.51. The van der Waals surface area contributed by atoms with Gasteiger partial charge in [0.2, 0.25) is 5.78 Å². The van der Waals surface area contributed by atoms with Crippen molar-refractivity contribution in [3.63, 3.8) is 0 Å². The van der Waals surface area contributed by atoms with Crippen molar-refractivity contribution in [1.29, 1.82) is 0 Å². The normalized spacial score (nSPS) is 18.3. The van der Waals surface area contributed by atoms with Crippen LogP contribution < -0.4 is 0 Å². The minimum atomic E-state index is -0.362. The molecule has 4 heteroatoms. The Kier molecular flexibility index (Phi) is 2.49. The second kappa shape index (κ2) is 3.81. The van der Waals surface area contributed by atoms with Gasteiger partial charge in [-0.25, -0.2) is 0 Å². The van der Waals surface area contributed by atoms with Gasteiger partial charge in [0, 0.05) is 25.4 Å². The number of hydrogen-bond donors (Lipinski definition) is 0. The Bertz CT molecular complexity index is 389. The number of amides is 1. The van der Waals surface area contributed by atoms with E-state index in [0.29, 0.717) is 13.0 Å². The van der Waals surface area contributed by atoms with Crippen LogP contribution in [0.15, 0.2) is 24.5 Å². The maximum absolute atomic E-state index is 11.5. The molecular weight excluding hydrogens is 192 g/mol. The van der Waals surface area contributed by atoms with E-state index in [1.165, 1.54) is 0 Å². The second-order valence-corrected chi connectivity index (χ2v) is 3.63. The monoisotopic (exact) mass is 204 g/mol. The minimum absolute atomic E-state index is 0.0491. The predicted octanol–water partition coefficient (Wildman–Crippen LogP) is 0.944. The summed E-state index contributed by atoms with van der Waals surface area (Å²) in [7, 11) is 0. The van der Waals surface area contributed by atoms with Crippen LogP contribution in [0.25, 0.3) is 0 Å². The van der Waals surface area contributed by atoms with Crippen molar-refractivity contribution in [3.8, 4) is 0 Å². The number of rotatable bonds is 2. The molecule has 1 aromatic heterocycles. The fraction of sp³-hybridized carbons (Fsp3) is 0.364. The van der Waals surface area contributed by atoms with Crippen LogP contribution in [0, 0.1) is 0 Å². The summed E-state index contributed by atoms with van der Waals surface area (Å²) in [6.07, 6.45) is 3.72. The topological polar surface area (TPSA) is 50.3 Å². The third-order valence-corrected chi connectivity index (χ3v) is 2.74. The quantitative estimate of drug-likeness (QED) is 0.674. The van der Waals surface area contributed by atoms with Gasteiger partial charge in [-0.15, -0.1) is 0 Å². The Hall–Kier alpha value is -1.71. The van der Waals surface area contributed by atoms with Crippen molar-refractivity contribution in [2.24, 2.45) is 0 Å². The molecule has 1 atom stereocenters. The van der Waals surface area contributed by atoms with E-state index in [-0.39, 0.29) is 17.7 Å². The molecule has 1 fully saturated rings. The number of nitrogens with zero attached hydrogens (tertiary/aromatic N) is 2. The highest BCUT2D eigenvalue weighted by molar-refractivity contribution is 6.37. The van der Waals surface area contributed by atoms with Crippen molar-refractivity contribution in [3.05, 3.63) is 30.1 Å². The largest absolute Gasteiger partial charge is 0.329 e. The molecule has 78 valence electrons. The molecule has 2 heterocycles. The first-order valence-corrected chi connectivity index (χ1v) is 4.94. The molecule has 0 N–H and O–H groups in total. The van der Waals surface area contributed by atoms with Gasteiger partial charge >= 0.3 is 0 Å². The molecule has 1 aromatic rings. The van der Waals surface area contributed by atoms with Crippen molar-refractivity contribution in [1.82, 2.24) is 9.88 Å². The van der Waals surface area contributed by atoms with E-state index in [9.17, 15) is 9.59 Å². The molecule has 0 radical (unpaired) electrons. The Labute approximate surface area is 87.9 Å². The summed E-state index contributed by atoms with van der Waals surface area (Å²) in [5.74, 6) is -0.643. The van der Waals surface area contributed by atoms with Gasteiger partial charge in [-0.3, -0.25) is 14.6 Å². The van der Waals surface area contributed by atoms with E-state index in [1.54, 1.807) is 17.3 Å². The van der Waals surface area contributed by atoms with E-state index in [2.05, 4.69) is 4.98 Å². The second-order valence-electron chi connectivity index (χ2n) is 3.63. The van der Waals surface area contributed by atoms with Crippen LogP contribution in [0.5, 0.6) is 0 Å². The van der Waals surface area contributed by atoms with Crippen LogP contribution in [-0.2, 0) is 9.59 Å². The third-order valence-electron chi connectivity index (χ3n) is 2.74. The summed E-state index contributed by atoms with van der Waals surface area (Å²) in [6.45, 7) is 2.45. The van der Waals surface area contributed by atoms with Gasteiger partial charge in [0.1, 0.15) is 0 Å². The lowest BCUT2D eigenvalue weighted by Crippen LogP contribution is -2.30. The third kappa shape index (κ3) is 1.75. The first-order chi connectivity index (χ1) is 7.20.